The monoisotopic (exact) mass is 463 g/mol. The molecule has 1 heterocycles. The van der Waals surface area contributed by atoms with Gasteiger partial charge < -0.3 is 14.7 Å². The van der Waals surface area contributed by atoms with E-state index in [9.17, 15) is 9.59 Å². The molecule has 1 aromatic heterocycles. The molecule has 3 rings (SSSR count). The molecule has 0 aliphatic heterocycles. The molecule has 0 saturated carbocycles. The number of hydrogen-bond donors (Lipinski definition) is 1. The molecule has 30 heavy (non-hydrogen) atoms. The van der Waals surface area contributed by atoms with Gasteiger partial charge in [0.05, 0.1) is 16.5 Å². The molecule has 6 nitrogen and oxygen atoms in total. The van der Waals surface area contributed by atoms with Crippen LogP contribution in [0, 0.1) is 0 Å². The lowest BCUT2D eigenvalue weighted by molar-refractivity contribution is -0.113. The average molecular weight is 464 g/mol. The zero-order valence-electron chi connectivity index (χ0n) is 16.3. The van der Waals surface area contributed by atoms with E-state index in [2.05, 4.69) is 10.5 Å². The molecule has 0 bridgehead atoms. The van der Waals surface area contributed by atoms with Gasteiger partial charge in [-0.05, 0) is 42.5 Å². The van der Waals surface area contributed by atoms with E-state index in [0.29, 0.717) is 38.5 Å². The molecular formula is C21H19Cl2N3O3S. The second kappa shape index (κ2) is 10.0. The Hall–Kier alpha value is -2.48. The molecule has 0 atom stereocenters. The van der Waals surface area contributed by atoms with Crippen molar-refractivity contribution in [2.75, 3.05) is 25.2 Å². The van der Waals surface area contributed by atoms with Crippen molar-refractivity contribution in [3.8, 4) is 11.3 Å². The zero-order valence-corrected chi connectivity index (χ0v) is 18.6. The van der Waals surface area contributed by atoms with Crippen LogP contribution in [0.15, 0.2) is 53.1 Å². The van der Waals surface area contributed by atoms with Crippen LogP contribution >= 0.6 is 35.0 Å². The predicted octanol–water partition coefficient (Wildman–Crippen LogP) is 5.22. The number of hydrogen-bond acceptors (Lipinski definition) is 5. The van der Waals surface area contributed by atoms with Gasteiger partial charge in [0.1, 0.15) is 11.5 Å². The standard InChI is InChI=1S/C21H19Cl2N3O3S/c1-26(2)21(28)13-3-6-15(7-4-13)24-20(27)12-30-11-16-10-19(25-29-16)17-8-5-14(22)9-18(17)23/h3-10H,11-12H2,1-2H3,(H,24,27). The number of carbonyl (C=O) groups is 2. The van der Waals surface area contributed by atoms with E-state index < -0.39 is 0 Å². The van der Waals surface area contributed by atoms with Gasteiger partial charge in [-0.25, -0.2) is 0 Å². The molecule has 3 aromatic rings. The second-order valence-electron chi connectivity index (χ2n) is 6.62. The molecule has 2 amide bonds. The van der Waals surface area contributed by atoms with Gasteiger partial charge in [0.25, 0.3) is 5.91 Å². The number of nitrogens with one attached hydrogen (secondary N) is 1. The highest BCUT2D eigenvalue weighted by Gasteiger charge is 2.12. The summed E-state index contributed by atoms with van der Waals surface area (Å²) in [5.74, 6) is 1.14. The van der Waals surface area contributed by atoms with Gasteiger partial charge in [0.2, 0.25) is 5.91 Å². The number of amides is 2. The minimum atomic E-state index is -0.146. The van der Waals surface area contributed by atoms with Crippen LogP contribution in [-0.4, -0.2) is 41.7 Å². The summed E-state index contributed by atoms with van der Waals surface area (Å²) in [6.45, 7) is 0. The summed E-state index contributed by atoms with van der Waals surface area (Å²) in [6.07, 6.45) is 0. The molecule has 0 aliphatic rings. The van der Waals surface area contributed by atoms with E-state index in [-0.39, 0.29) is 17.6 Å². The minimum absolute atomic E-state index is 0.0882. The SMILES string of the molecule is CN(C)C(=O)c1ccc(NC(=O)CSCc2cc(-c3ccc(Cl)cc3Cl)no2)cc1. The first kappa shape index (κ1) is 22.2. The molecule has 0 unspecified atom stereocenters. The highest BCUT2D eigenvalue weighted by molar-refractivity contribution is 7.99. The Morgan fingerprint density at radius 3 is 2.50 bits per heavy atom. The number of rotatable bonds is 7. The van der Waals surface area contributed by atoms with Gasteiger partial charge in [-0.3, -0.25) is 9.59 Å². The van der Waals surface area contributed by atoms with Crippen LogP contribution in [0.2, 0.25) is 10.0 Å². The fraction of sp³-hybridized carbons (Fsp3) is 0.190. The zero-order chi connectivity index (χ0) is 21.7. The highest BCUT2D eigenvalue weighted by atomic mass is 35.5. The lowest BCUT2D eigenvalue weighted by atomic mass is 10.1. The number of benzene rings is 2. The summed E-state index contributed by atoms with van der Waals surface area (Å²) < 4.78 is 5.33. The molecule has 9 heteroatoms. The van der Waals surface area contributed by atoms with Crippen molar-refractivity contribution in [2.45, 2.75) is 5.75 Å². The van der Waals surface area contributed by atoms with Crippen molar-refractivity contribution in [2.24, 2.45) is 0 Å². The maximum absolute atomic E-state index is 12.1. The van der Waals surface area contributed by atoms with Crippen LogP contribution in [0.1, 0.15) is 16.1 Å². The smallest absolute Gasteiger partial charge is 0.253 e. The third-order valence-electron chi connectivity index (χ3n) is 4.07. The minimum Gasteiger partial charge on any atom is -0.360 e. The summed E-state index contributed by atoms with van der Waals surface area (Å²) in [6, 6.07) is 13.7. The van der Waals surface area contributed by atoms with Gasteiger partial charge in [0, 0.05) is 42.0 Å². The summed E-state index contributed by atoms with van der Waals surface area (Å²) in [7, 11) is 3.38. The van der Waals surface area contributed by atoms with Gasteiger partial charge >= 0.3 is 0 Å². The summed E-state index contributed by atoms with van der Waals surface area (Å²) in [4.78, 5) is 25.5. The number of halogens is 2. The molecule has 0 saturated heterocycles. The maximum atomic E-state index is 12.1. The number of aromatic nitrogens is 1. The lowest BCUT2D eigenvalue weighted by Crippen LogP contribution is -2.21. The van der Waals surface area contributed by atoms with Crippen molar-refractivity contribution in [3.63, 3.8) is 0 Å². The Morgan fingerprint density at radius 1 is 1.10 bits per heavy atom. The predicted molar refractivity (Wildman–Crippen MR) is 121 cm³/mol. The van der Waals surface area contributed by atoms with Crippen molar-refractivity contribution < 1.29 is 14.1 Å². The molecule has 0 radical (unpaired) electrons. The first-order valence-electron chi connectivity index (χ1n) is 8.94. The van der Waals surface area contributed by atoms with E-state index in [1.807, 2.05) is 0 Å². The fourth-order valence-corrected chi connectivity index (χ4v) is 3.80. The highest BCUT2D eigenvalue weighted by Crippen LogP contribution is 2.30. The summed E-state index contributed by atoms with van der Waals surface area (Å²) in [5, 5.41) is 7.88. The second-order valence-corrected chi connectivity index (χ2v) is 8.45. The number of anilines is 1. The largest absolute Gasteiger partial charge is 0.360 e. The van der Waals surface area contributed by atoms with E-state index in [0.717, 1.165) is 5.56 Å². The Labute approximate surface area is 188 Å². The molecular weight excluding hydrogens is 445 g/mol. The van der Waals surface area contributed by atoms with Crippen LogP contribution in [0.5, 0.6) is 0 Å². The van der Waals surface area contributed by atoms with Gasteiger partial charge in [-0.2, -0.15) is 0 Å². The first-order valence-corrected chi connectivity index (χ1v) is 10.8. The third kappa shape index (κ3) is 5.78. The van der Waals surface area contributed by atoms with Gasteiger partial charge in [-0.15, -0.1) is 11.8 Å². The molecule has 156 valence electrons. The van der Waals surface area contributed by atoms with Crippen LogP contribution in [0.25, 0.3) is 11.3 Å². The number of nitrogens with zero attached hydrogens (tertiary/aromatic N) is 2. The quantitative estimate of drug-likeness (QED) is 0.519. The van der Waals surface area contributed by atoms with E-state index in [4.69, 9.17) is 27.7 Å². The first-order chi connectivity index (χ1) is 14.3. The Balaban J connectivity index is 1.49. The Bertz CT molecular complexity index is 1050. The fourth-order valence-electron chi connectivity index (χ4n) is 2.60. The summed E-state index contributed by atoms with van der Waals surface area (Å²) in [5.41, 5.74) is 2.55. The van der Waals surface area contributed by atoms with Crippen molar-refractivity contribution in [1.29, 1.82) is 0 Å². The molecule has 0 fully saturated rings. The lowest BCUT2D eigenvalue weighted by Gasteiger charge is -2.11. The van der Waals surface area contributed by atoms with E-state index in [1.165, 1.54) is 16.7 Å². The van der Waals surface area contributed by atoms with Crippen molar-refractivity contribution in [1.82, 2.24) is 10.1 Å². The normalized spacial score (nSPS) is 10.7. The third-order valence-corrected chi connectivity index (χ3v) is 5.57. The van der Waals surface area contributed by atoms with E-state index >= 15 is 0 Å². The molecule has 0 aliphatic carbocycles. The van der Waals surface area contributed by atoms with Crippen LogP contribution in [0.4, 0.5) is 5.69 Å². The molecule has 0 spiro atoms. The van der Waals surface area contributed by atoms with Crippen molar-refractivity contribution >= 4 is 52.5 Å². The number of thioether (sulfide) groups is 1. The molecule has 2 aromatic carbocycles. The molecule has 1 N–H and O–H groups in total. The van der Waals surface area contributed by atoms with Crippen LogP contribution in [-0.2, 0) is 10.5 Å². The Morgan fingerprint density at radius 2 is 1.83 bits per heavy atom. The maximum Gasteiger partial charge on any atom is 0.253 e. The summed E-state index contributed by atoms with van der Waals surface area (Å²) >= 11 is 13.5. The van der Waals surface area contributed by atoms with Crippen LogP contribution < -0.4 is 5.32 Å². The van der Waals surface area contributed by atoms with Gasteiger partial charge in [-0.1, -0.05) is 28.4 Å². The van der Waals surface area contributed by atoms with E-state index in [1.54, 1.807) is 62.6 Å². The topological polar surface area (TPSA) is 75.4 Å². The average Bonchev–Trinajstić information content (AvgIpc) is 3.16. The number of carbonyl (C=O) groups excluding carboxylic acids is 2. The van der Waals surface area contributed by atoms with Crippen molar-refractivity contribution in [3.05, 3.63) is 69.9 Å². The van der Waals surface area contributed by atoms with Crippen LogP contribution in [0.3, 0.4) is 0 Å². The Kier molecular flexibility index (Phi) is 7.42. The van der Waals surface area contributed by atoms with Gasteiger partial charge in [0.15, 0.2) is 0 Å².